The number of hydrogen-bond acceptors (Lipinski definition) is 3. The quantitative estimate of drug-likeness (QED) is 0.550. The van der Waals surface area contributed by atoms with Gasteiger partial charge in [-0.1, -0.05) is 35.3 Å². The summed E-state index contributed by atoms with van der Waals surface area (Å²) in [5.74, 6) is 6.45. The highest BCUT2D eigenvalue weighted by Gasteiger charge is 2.16. The standard InChI is InChI=1S/C16H14Cl2N2O/c17-12-3-1-2-10(6-12)7-14(20-19)16-9-11-8-13(18)4-5-15(11)21-16/h1-6,8-9,14,20H,7,19H2. The molecule has 0 aliphatic carbocycles. The van der Waals surface area contributed by atoms with Crippen LogP contribution < -0.4 is 11.3 Å². The van der Waals surface area contributed by atoms with Gasteiger partial charge in [-0.15, -0.1) is 0 Å². The van der Waals surface area contributed by atoms with E-state index in [1.165, 1.54) is 0 Å². The third-order valence-electron chi connectivity index (χ3n) is 3.37. The minimum atomic E-state index is -0.130. The summed E-state index contributed by atoms with van der Waals surface area (Å²) in [7, 11) is 0. The minimum Gasteiger partial charge on any atom is -0.459 e. The number of halogens is 2. The molecule has 1 atom stereocenters. The fourth-order valence-corrected chi connectivity index (χ4v) is 2.74. The van der Waals surface area contributed by atoms with E-state index in [1.807, 2.05) is 42.5 Å². The van der Waals surface area contributed by atoms with Gasteiger partial charge in [-0.3, -0.25) is 5.84 Å². The average Bonchev–Trinajstić information content (AvgIpc) is 2.87. The number of nitrogens with one attached hydrogen (secondary N) is 1. The second-order valence-electron chi connectivity index (χ2n) is 4.88. The first-order chi connectivity index (χ1) is 10.2. The lowest BCUT2D eigenvalue weighted by molar-refractivity contribution is 0.434. The van der Waals surface area contributed by atoms with Crippen LogP contribution in [0, 0.1) is 0 Å². The highest BCUT2D eigenvalue weighted by molar-refractivity contribution is 6.31. The van der Waals surface area contributed by atoms with Crippen LogP contribution in [0.4, 0.5) is 0 Å². The molecule has 0 aliphatic rings. The first-order valence-corrected chi connectivity index (χ1v) is 7.31. The summed E-state index contributed by atoms with van der Waals surface area (Å²) in [5, 5.41) is 2.35. The second kappa shape index (κ2) is 6.08. The van der Waals surface area contributed by atoms with Gasteiger partial charge in [0.1, 0.15) is 11.3 Å². The van der Waals surface area contributed by atoms with Gasteiger partial charge in [-0.05, 0) is 48.4 Å². The third-order valence-corrected chi connectivity index (χ3v) is 3.84. The molecule has 0 radical (unpaired) electrons. The van der Waals surface area contributed by atoms with Gasteiger partial charge < -0.3 is 4.42 Å². The zero-order chi connectivity index (χ0) is 14.8. The van der Waals surface area contributed by atoms with E-state index < -0.39 is 0 Å². The van der Waals surface area contributed by atoms with Crippen LogP contribution in [0.3, 0.4) is 0 Å². The Balaban J connectivity index is 1.90. The summed E-state index contributed by atoms with van der Waals surface area (Å²) in [6, 6.07) is 15.1. The van der Waals surface area contributed by atoms with Crippen LogP contribution in [0.15, 0.2) is 52.9 Å². The number of rotatable bonds is 4. The van der Waals surface area contributed by atoms with Crippen molar-refractivity contribution in [3.8, 4) is 0 Å². The molecule has 0 aliphatic heterocycles. The summed E-state index contributed by atoms with van der Waals surface area (Å²) in [6.45, 7) is 0. The average molecular weight is 321 g/mol. The Labute approximate surface area is 132 Å². The second-order valence-corrected chi connectivity index (χ2v) is 5.76. The van der Waals surface area contributed by atoms with Crippen LogP contribution in [0.2, 0.25) is 10.0 Å². The van der Waals surface area contributed by atoms with Crippen molar-refractivity contribution in [3.63, 3.8) is 0 Å². The van der Waals surface area contributed by atoms with Crippen LogP contribution in [0.1, 0.15) is 17.4 Å². The van der Waals surface area contributed by atoms with Gasteiger partial charge in [0.25, 0.3) is 0 Å². The monoisotopic (exact) mass is 320 g/mol. The summed E-state index contributed by atoms with van der Waals surface area (Å²) in [4.78, 5) is 0. The van der Waals surface area contributed by atoms with Crippen LogP contribution in [0.5, 0.6) is 0 Å². The largest absolute Gasteiger partial charge is 0.459 e. The van der Waals surface area contributed by atoms with E-state index in [0.29, 0.717) is 16.5 Å². The van der Waals surface area contributed by atoms with Gasteiger partial charge in [-0.25, -0.2) is 5.43 Å². The number of hydrogen-bond donors (Lipinski definition) is 2. The van der Waals surface area contributed by atoms with Crippen LogP contribution in [-0.4, -0.2) is 0 Å². The van der Waals surface area contributed by atoms with Crippen molar-refractivity contribution in [2.45, 2.75) is 12.5 Å². The molecule has 0 saturated carbocycles. The zero-order valence-corrected chi connectivity index (χ0v) is 12.7. The Morgan fingerprint density at radius 2 is 1.86 bits per heavy atom. The summed E-state index contributed by atoms with van der Waals surface area (Å²) in [6.07, 6.45) is 0.685. The Bertz CT molecular complexity index is 770. The molecule has 3 rings (SSSR count). The van der Waals surface area contributed by atoms with Gasteiger partial charge in [0.15, 0.2) is 0 Å². The van der Waals surface area contributed by atoms with Gasteiger partial charge in [0.2, 0.25) is 0 Å². The lowest BCUT2D eigenvalue weighted by Gasteiger charge is -2.13. The van der Waals surface area contributed by atoms with E-state index in [0.717, 1.165) is 22.3 Å². The van der Waals surface area contributed by atoms with E-state index in [2.05, 4.69) is 5.43 Å². The molecule has 0 fully saturated rings. The number of nitrogens with two attached hydrogens (primary N) is 1. The van der Waals surface area contributed by atoms with Crippen LogP contribution >= 0.6 is 23.2 Å². The van der Waals surface area contributed by atoms with Crippen molar-refractivity contribution in [1.29, 1.82) is 0 Å². The highest BCUT2D eigenvalue weighted by atomic mass is 35.5. The lowest BCUT2D eigenvalue weighted by Crippen LogP contribution is -2.29. The van der Waals surface area contributed by atoms with Crippen molar-refractivity contribution in [2.24, 2.45) is 5.84 Å². The van der Waals surface area contributed by atoms with Crippen molar-refractivity contribution >= 4 is 34.2 Å². The Kier molecular flexibility index (Phi) is 4.17. The van der Waals surface area contributed by atoms with E-state index in [4.69, 9.17) is 33.5 Å². The maximum absolute atomic E-state index is 6.01. The molecule has 1 unspecified atom stereocenters. The van der Waals surface area contributed by atoms with E-state index in [1.54, 1.807) is 6.07 Å². The SMILES string of the molecule is NNC(Cc1cccc(Cl)c1)c1cc2cc(Cl)ccc2o1. The molecule has 21 heavy (non-hydrogen) atoms. The molecular formula is C16H14Cl2N2O. The van der Waals surface area contributed by atoms with Gasteiger partial charge in [-0.2, -0.15) is 0 Å². The molecule has 0 spiro atoms. The molecule has 3 aromatic rings. The normalized spacial score (nSPS) is 12.7. The Hall–Kier alpha value is -1.52. The van der Waals surface area contributed by atoms with Gasteiger partial charge in [0.05, 0.1) is 6.04 Å². The smallest absolute Gasteiger partial charge is 0.134 e. The third kappa shape index (κ3) is 3.22. The van der Waals surface area contributed by atoms with Crippen molar-refractivity contribution in [3.05, 3.63) is 69.9 Å². The molecule has 3 nitrogen and oxygen atoms in total. The molecule has 1 heterocycles. The predicted octanol–water partition coefficient (Wildman–Crippen LogP) is 4.49. The van der Waals surface area contributed by atoms with Crippen molar-refractivity contribution < 1.29 is 4.42 Å². The summed E-state index contributed by atoms with van der Waals surface area (Å²) >= 11 is 12.0. The molecule has 108 valence electrons. The zero-order valence-electron chi connectivity index (χ0n) is 11.1. The summed E-state index contributed by atoms with van der Waals surface area (Å²) in [5.41, 5.74) is 4.67. The Morgan fingerprint density at radius 1 is 1.05 bits per heavy atom. The molecule has 3 N–H and O–H groups in total. The number of furan rings is 1. The van der Waals surface area contributed by atoms with E-state index in [-0.39, 0.29) is 6.04 Å². The van der Waals surface area contributed by atoms with Gasteiger partial charge in [0, 0.05) is 15.4 Å². The van der Waals surface area contributed by atoms with E-state index >= 15 is 0 Å². The van der Waals surface area contributed by atoms with Gasteiger partial charge >= 0.3 is 0 Å². The molecule has 0 saturated heterocycles. The maximum atomic E-state index is 6.01. The highest BCUT2D eigenvalue weighted by Crippen LogP contribution is 2.28. The topological polar surface area (TPSA) is 51.2 Å². The fourth-order valence-electron chi connectivity index (χ4n) is 2.35. The molecule has 1 aromatic heterocycles. The Morgan fingerprint density at radius 3 is 2.62 bits per heavy atom. The predicted molar refractivity (Wildman–Crippen MR) is 86.4 cm³/mol. The molecular weight excluding hydrogens is 307 g/mol. The first kappa shape index (κ1) is 14.4. The van der Waals surface area contributed by atoms with Crippen LogP contribution in [0.25, 0.3) is 11.0 Å². The molecule has 0 bridgehead atoms. The number of fused-ring (bicyclic) bond motifs is 1. The summed E-state index contributed by atoms with van der Waals surface area (Å²) < 4.78 is 5.84. The maximum Gasteiger partial charge on any atom is 0.134 e. The fraction of sp³-hybridized carbons (Fsp3) is 0.125. The molecule has 2 aromatic carbocycles. The van der Waals surface area contributed by atoms with Crippen LogP contribution in [-0.2, 0) is 6.42 Å². The molecule has 0 amide bonds. The van der Waals surface area contributed by atoms with Crippen molar-refractivity contribution in [1.82, 2.24) is 5.43 Å². The van der Waals surface area contributed by atoms with E-state index in [9.17, 15) is 0 Å². The number of hydrazine groups is 1. The lowest BCUT2D eigenvalue weighted by atomic mass is 10.0. The van der Waals surface area contributed by atoms with Crippen molar-refractivity contribution in [2.75, 3.05) is 0 Å². The number of benzene rings is 2. The first-order valence-electron chi connectivity index (χ1n) is 6.55. The minimum absolute atomic E-state index is 0.130. The molecule has 5 heteroatoms.